The van der Waals surface area contributed by atoms with Crippen LogP contribution in [0.3, 0.4) is 0 Å². The van der Waals surface area contributed by atoms with Crippen molar-refractivity contribution in [2.45, 2.75) is 18.7 Å². The summed E-state index contributed by atoms with van der Waals surface area (Å²) in [6, 6.07) is 9.17. The molecule has 0 bridgehead atoms. The van der Waals surface area contributed by atoms with Gasteiger partial charge in [-0.1, -0.05) is 48.0 Å². The quantitative estimate of drug-likeness (QED) is 0.667. The molecule has 0 spiro atoms. The van der Waals surface area contributed by atoms with Gasteiger partial charge in [0.25, 0.3) is 5.91 Å². The van der Waals surface area contributed by atoms with E-state index in [9.17, 15) is 9.59 Å². The van der Waals surface area contributed by atoms with Gasteiger partial charge in [-0.2, -0.15) is 5.48 Å². The van der Waals surface area contributed by atoms with Crippen LogP contribution in [-0.2, 0) is 9.63 Å². The molecular formula is C14H15BrN2O3. The average molecular weight is 339 g/mol. The number of para-hydroxylation sites is 1. The summed E-state index contributed by atoms with van der Waals surface area (Å²) in [6.07, 6.45) is 0. The number of halogens is 1. The minimum absolute atomic E-state index is 0.0989. The minimum atomic E-state index is -0.627. The molecule has 1 aromatic heterocycles. The molecule has 1 amide bonds. The maximum Gasteiger partial charge on any atom is 0.379 e. The molecule has 106 valence electrons. The predicted molar refractivity (Wildman–Crippen MR) is 79.4 cm³/mol. The van der Waals surface area contributed by atoms with Gasteiger partial charge < -0.3 is 9.82 Å². The molecule has 0 aliphatic heterocycles. The first kappa shape index (κ1) is 14.6. The summed E-state index contributed by atoms with van der Waals surface area (Å²) in [5.74, 6) is -0.913. The van der Waals surface area contributed by atoms with Crippen molar-refractivity contribution in [3.8, 4) is 0 Å². The fraction of sp³-hybridized carbons (Fsp3) is 0.286. The standard InChI is InChI=1S/C14H15BrN2O3/c1-8(2)12(15)13(18)17-20-14(19)11-7-9-5-3-4-6-10(9)16-11/h3-8,12,16H,1-2H3,(H,17,18). The Bertz CT molecular complexity index is 603. The second-order valence-corrected chi connectivity index (χ2v) is 5.76. The first-order chi connectivity index (χ1) is 9.49. The number of benzene rings is 1. The highest BCUT2D eigenvalue weighted by Gasteiger charge is 2.20. The molecule has 1 aromatic carbocycles. The maximum atomic E-state index is 11.8. The molecule has 6 heteroatoms. The number of hydrogen-bond acceptors (Lipinski definition) is 3. The van der Waals surface area contributed by atoms with Crippen molar-refractivity contribution in [3.05, 3.63) is 36.0 Å². The van der Waals surface area contributed by atoms with Crippen LogP contribution in [0.5, 0.6) is 0 Å². The Kier molecular flexibility index (Phi) is 4.44. The highest BCUT2D eigenvalue weighted by molar-refractivity contribution is 9.10. The summed E-state index contributed by atoms with van der Waals surface area (Å²) in [6.45, 7) is 3.77. The minimum Gasteiger partial charge on any atom is -0.349 e. The van der Waals surface area contributed by atoms with E-state index in [1.54, 1.807) is 6.07 Å². The summed E-state index contributed by atoms with van der Waals surface area (Å²) in [7, 11) is 0. The summed E-state index contributed by atoms with van der Waals surface area (Å²) in [4.78, 5) is 30.8. The number of H-pyrrole nitrogens is 1. The molecule has 0 aliphatic rings. The molecule has 2 rings (SSSR count). The number of hydroxylamine groups is 1. The Labute approximate surface area is 124 Å². The number of aromatic amines is 1. The molecular weight excluding hydrogens is 324 g/mol. The van der Waals surface area contributed by atoms with Crippen LogP contribution in [0.15, 0.2) is 30.3 Å². The molecule has 0 aliphatic carbocycles. The molecule has 5 nitrogen and oxygen atoms in total. The average Bonchev–Trinajstić information content (AvgIpc) is 2.87. The number of carbonyl (C=O) groups is 2. The van der Waals surface area contributed by atoms with Gasteiger partial charge in [0.2, 0.25) is 0 Å². The molecule has 0 saturated heterocycles. The number of alkyl halides is 1. The first-order valence-corrected chi connectivity index (χ1v) is 7.13. The number of carbonyl (C=O) groups excluding carboxylic acids is 2. The first-order valence-electron chi connectivity index (χ1n) is 6.22. The third-order valence-electron chi connectivity index (χ3n) is 2.83. The summed E-state index contributed by atoms with van der Waals surface area (Å²) in [5, 5.41) is 0.909. The van der Waals surface area contributed by atoms with E-state index >= 15 is 0 Å². The van der Waals surface area contributed by atoms with E-state index in [1.165, 1.54) is 0 Å². The molecule has 0 saturated carbocycles. The van der Waals surface area contributed by atoms with Crippen molar-refractivity contribution in [1.29, 1.82) is 0 Å². The number of nitrogens with one attached hydrogen (secondary N) is 2. The van der Waals surface area contributed by atoms with E-state index in [-0.39, 0.29) is 11.8 Å². The van der Waals surface area contributed by atoms with Crippen LogP contribution >= 0.6 is 15.9 Å². The van der Waals surface area contributed by atoms with Gasteiger partial charge in [-0.25, -0.2) is 4.79 Å². The molecule has 2 aromatic rings. The summed E-state index contributed by atoms with van der Waals surface area (Å²) < 4.78 is 0. The smallest absolute Gasteiger partial charge is 0.349 e. The highest BCUT2D eigenvalue weighted by atomic mass is 79.9. The fourth-order valence-corrected chi connectivity index (χ4v) is 1.79. The van der Waals surface area contributed by atoms with Crippen LogP contribution in [0.25, 0.3) is 10.9 Å². The van der Waals surface area contributed by atoms with Crippen molar-refractivity contribution < 1.29 is 14.4 Å². The summed E-state index contributed by atoms with van der Waals surface area (Å²) in [5.41, 5.74) is 3.28. The zero-order valence-corrected chi connectivity index (χ0v) is 12.7. The molecule has 0 fully saturated rings. The lowest BCUT2D eigenvalue weighted by Gasteiger charge is -2.12. The lowest BCUT2D eigenvalue weighted by atomic mass is 10.1. The van der Waals surface area contributed by atoms with Crippen LogP contribution in [0.2, 0.25) is 0 Å². The zero-order valence-electron chi connectivity index (χ0n) is 11.1. The van der Waals surface area contributed by atoms with Gasteiger partial charge in [0.15, 0.2) is 0 Å². The fourth-order valence-electron chi connectivity index (χ4n) is 1.69. The predicted octanol–water partition coefficient (Wildman–Crippen LogP) is 2.78. The van der Waals surface area contributed by atoms with Gasteiger partial charge in [0, 0.05) is 10.9 Å². The third kappa shape index (κ3) is 3.19. The molecule has 1 heterocycles. The normalized spacial score (nSPS) is 12.4. The second-order valence-electron chi connectivity index (χ2n) is 4.77. The van der Waals surface area contributed by atoms with Crippen LogP contribution in [0.4, 0.5) is 0 Å². The van der Waals surface area contributed by atoms with Crippen molar-refractivity contribution in [2.75, 3.05) is 0 Å². The van der Waals surface area contributed by atoms with E-state index in [1.807, 2.05) is 38.1 Å². The van der Waals surface area contributed by atoms with Crippen LogP contribution < -0.4 is 5.48 Å². The van der Waals surface area contributed by atoms with Crippen molar-refractivity contribution in [1.82, 2.24) is 10.5 Å². The van der Waals surface area contributed by atoms with Crippen molar-refractivity contribution >= 4 is 38.7 Å². The summed E-state index contributed by atoms with van der Waals surface area (Å²) >= 11 is 3.23. The van der Waals surface area contributed by atoms with Crippen LogP contribution in [0, 0.1) is 5.92 Å². The SMILES string of the molecule is CC(C)C(Br)C(=O)NOC(=O)c1cc2ccccc2[nH]1. The molecule has 1 atom stereocenters. The maximum absolute atomic E-state index is 11.8. The lowest BCUT2D eigenvalue weighted by molar-refractivity contribution is -0.130. The molecule has 0 radical (unpaired) electrons. The number of aromatic nitrogens is 1. The number of amides is 1. The Balaban J connectivity index is 2.00. The lowest BCUT2D eigenvalue weighted by Crippen LogP contribution is -2.35. The van der Waals surface area contributed by atoms with Gasteiger partial charge in [0.1, 0.15) is 5.69 Å². The van der Waals surface area contributed by atoms with Crippen LogP contribution in [-0.4, -0.2) is 21.7 Å². The number of rotatable bonds is 3. The largest absolute Gasteiger partial charge is 0.379 e. The Hall–Kier alpha value is -1.82. The van der Waals surface area contributed by atoms with E-state index in [4.69, 9.17) is 4.84 Å². The van der Waals surface area contributed by atoms with Gasteiger partial charge in [-0.05, 0) is 18.1 Å². The van der Waals surface area contributed by atoms with Crippen molar-refractivity contribution in [2.24, 2.45) is 5.92 Å². The number of fused-ring (bicyclic) bond motifs is 1. The molecule has 20 heavy (non-hydrogen) atoms. The third-order valence-corrected chi connectivity index (χ3v) is 4.30. The van der Waals surface area contributed by atoms with Gasteiger partial charge in [-0.15, -0.1) is 0 Å². The Morgan fingerprint density at radius 3 is 2.65 bits per heavy atom. The molecule has 1 unspecified atom stereocenters. The highest BCUT2D eigenvalue weighted by Crippen LogP contribution is 2.15. The molecule has 2 N–H and O–H groups in total. The topological polar surface area (TPSA) is 71.2 Å². The number of hydrogen-bond donors (Lipinski definition) is 2. The van der Waals surface area contributed by atoms with Gasteiger partial charge >= 0.3 is 5.97 Å². The Morgan fingerprint density at radius 1 is 1.30 bits per heavy atom. The van der Waals surface area contributed by atoms with Crippen LogP contribution in [0.1, 0.15) is 24.3 Å². The van der Waals surface area contributed by atoms with E-state index in [2.05, 4.69) is 26.4 Å². The van der Waals surface area contributed by atoms with Gasteiger partial charge in [-0.3, -0.25) is 4.79 Å². The monoisotopic (exact) mass is 338 g/mol. The van der Waals surface area contributed by atoms with E-state index < -0.39 is 10.8 Å². The van der Waals surface area contributed by atoms with Gasteiger partial charge in [0.05, 0.1) is 4.83 Å². The van der Waals surface area contributed by atoms with E-state index in [0.29, 0.717) is 5.69 Å². The second kappa shape index (κ2) is 6.09. The zero-order chi connectivity index (χ0) is 14.7. The van der Waals surface area contributed by atoms with E-state index in [0.717, 1.165) is 10.9 Å². The Morgan fingerprint density at radius 2 is 2.00 bits per heavy atom. The van der Waals surface area contributed by atoms with Crippen molar-refractivity contribution in [3.63, 3.8) is 0 Å².